The van der Waals surface area contributed by atoms with Crippen LogP contribution in [0.15, 0.2) is 60.9 Å². The maximum atomic E-state index is 13.0. The minimum absolute atomic E-state index is 0.282. The highest BCUT2D eigenvalue weighted by Gasteiger charge is 2.30. The van der Waals surface area contributed by atoms with Gasteiger partial charge in [-0.15, -0.1) is 0 Å². The smallest absolute Gasteiger partial charge is 0.416 e. The lowest BCUT2D eigenvalue weighted by Crippen LogP contribution is -2.05. The zero-order chi connectivity index (χ0) is 20.6. The van der Waals surface area contributed by atoms with Gasteiger partial charge in [-0.05, 0) is 24.3 Å². The second-order valence-electron chi connectivity index (χ2n) is 6.20. The highest BCUT2D eigenvalue weighted by atomic mass is 19.4. The summed E-state index contributed by atoms with van der Waals surface area (Å²) in [6.07, 6.45) is -1.16. The third kappa shape index (κ3) is 3.27. The molecule has 2 aromatic heterocycles. The molecule has 0 saturated heterocycles. The first-order valence-electron chi connectivity index (χ1n) is 8.51. The van der Waals surface area contributed by atoms with Crippen LogP contribution in [0.1, 0.15) is 11.1 Å². The van der Waals surface area contributed by atoms with Crippen molar-refractivity contribution in [2.24, 2.45) is 0 Å². The molecule has 0 spiro atoms. The number of hydrogen-bond donors (Lipinski definition) is 0. The van der Waals surface area contributed by atoms with Crippen molar-refractivity contribution in [1.29, 1.82) is 5.26 Å². The van der Waals surface area contributed by atoms with Crippen LogP contribution >= 0.6 is 0 Å². The van der Waals surface area contributed by atoms with Gasteiger partial charge in [0.25, 0.3) is 5.88 Å². The first-order chi connectivity index (χ1) is 13.9. The van der Waals surface area contributed by atoms with Crippen LogP contribution in [0.3, 0.4) is 0 Å². The summed E-state index contributed by atoms with van der Waals surface area (Å²) < 4.78 is 46.0. The number of nitriles is 1. The fourth-order valence-electron chi connectivity index (χ4n) is 3.09. The molecule has 0 radical (unpaired) electrons. The van der Waals surface area contributed by atoms with Crippen LogP contribution in [0.2, 0.25) is 0 Å². The molecule has 4 aromatic rings. The van der Waals surface area contributed by atoms with E-state index >= 15 is 0 Å². The molecule has 0 aliphatic heterocycles. The molecule has 0 amide bonds. The lowest BCUT2D eigenvalue weighted by Gasteiger charge is -2.15. The number of aromatic nitrogens is 3. The number of alkyl halides is 3. The van der Waals surface area contributed by atoms with Crippen molar-refractivity contribution < 1.29 is 17.9 Å². The van der Waals surface area contributed by atoms with Gasteiger partial charge in [0.15, 0.2) is 0 Å². The quantitative estimate of drug-likeness (QED) is 0.493. The van der Waals surface area contributed by atoms with Crippen LogP contribution in [0, 0.1) is 11.3 Å². The molecule has 144 valence electrons. The second kappa shape index (κ2) is 6.95. The highest BCUT2D eigenvalue weighted by molar-refractivity contribution is 5.81. The SMILES string of the molecule is COc1nc(-c2ccc(C#N)cc2)c(-c2ccc(C(F)(F)F)cc2)n2ccnc12. The molecule has 2 aromatic carbocycles. The molecule has 0 aliphatic carbocycles. The number of rotatable bonds is 3. The van der Waals surface area contributed by atoms with Crippen molar-refractivity contribution in [2.45, 2.75) is 6.18 Å². The van der Waals surface area contributed by atoms with Gasteiger partial charge in [-0.1, -0.05) is 24.3 Å². The Morgan fingerprint density at radius 3 is 2.24 bits per heavy atom. The van der Waals surface area contributed by atoms with Gasteiger partial charge in [0.1, 0.15) is 0 Å². The standard InChI is InChI=1S/C21H13F3N4O/c1-29-20-19-26-10-11-28(19)18(15-6-8-16(9-7-15)21(22,23)24)17(27-20)14-4-2-13(12-25)3-5-14/h2-11H,1H3. The number of benzene rings is 2. The van der Waals surface area contributed by atoms with Gasteiger partial charge >= 0.3 is 6.18 Å². The van der Waals surface area contributed by atoms with Crippen LogP contribution in [0.25, 0.3) is 28.2 Å². The fourth-order valence-corrected chi connectivity index (χ4v) is 3.09. The first kappa shape index (κ1) is 18.5. The highest BCUT2D eigenvalue weighted by Crippen LogP contribution is 2.36. The van der Waals surface area contributed by atoms with E-state index in [9.17, 15) is 13.2 Å². The van der Waals surface area contributed by atoms with E-state index in [0.717, 1.165) is 12.1 Å². The predicted octanol–water partition coefficient (Wildman–Crippen LogP) is 4.96. The molecule has 0 saturated carbocycles. The van der Waals surface area contributed by atoms with E-state index in [1.54, 1.807) is 41.1 Å². The Bertz CT molecular complexity index is 1220. The monoisotopic (exact) mass is 394 g/mol. The zero-order valence-corrected chi connectivity index (χ0v) is 15.1. The van der Waals surface area contributed by atoms with Crippen molar-refractivity contribution in [3.63, 3.8) is 0 Å². The largest absolute Gasteiger partial charge is 0.478 e. The molecule has 0 fully saturated rings. The number of hydrogen-bond acceptors (Lipinski definition) is 4. The summed E-state index contributed by atoms with van der Waals surface area (Å²) >= 11 is 0. The Kier molecular flexibility index (Phi) is 4.43. The maximum absolute atomic E-state index is 13.0. The number of ether oxygens (including phenoxy) is 1. The molecular weight excluding hydrogens is 381 g/mol. The zero-order valence-electron chi connectivity index (χ0n) is 15.1. The van der Waals surface area contributed by atoms with E-state index in [0.29, 0.717) is 33.7 Å². The van der Waals surface area contributed by atoms with Gasteiger partial charge < -0.3 is 4.74 Å². The number of imidazole rings is 1. The van der Waals surface area contributed by atoms with Crippen molar-refractivity contribution in [3.05, 3.63) is 72.1 Å². The number of methoxy groups -OCH3 is 1. The van der Waals surface area contributed by atoms with Crippen LogP contribution in [-0.2, 0) is 6.18 Å². The first-order valence-corrected chi connectivity index (χ1v) is 8.51. The summed E-state index contributed by atoms with van der Waals surface area (Å²) in [6.45, 7) is 0. The van der Waals surface area contributed by atoms with E-state index < -0.39 is 11.7 Å². The molecule has 29 heavy (non-hydrogen) atoms. The lowest BCUT2D eigenvalue weighted by molar-refractivity contribution is -0.137. The molecule has 0 N–H and O–H groups in total. The molecule has 0 bridgehead atoms. The summed E-state index contributed by atoms with van der Waals surface area (Å²) in [5.41, 5.74) is 2.49. The molecular formula is C21H13F3N4O. The number of halogens is 3. The van der Waals surface area contributed by atoms with Crippen molar-refractivity contribution >= 4 is 5.65 Å². The summed E-state index contributed by atoms with van der Waals surface area (Å²) in [6, 6.07) is 13.7. The molecule has 0 atom stereocenters. The third-order valence-electron chi connectivity index (χ3n) is 4.48. The Morgan fingerprint density at radius 1 is 1.00 bits per heavy atom. The average Bonchev–Trinajstić information content (AvgIpc) is 3.22. The van der Waals surface area contributed by atoms with Crippen LogP contribution < -0.4 is 4.74 Å². The average molecular weight is 394 g/mol. The van der Waals surface area contributed by atoms with Gasteiger partial charge in [-0.25, -0.2) is 9.97 Å². The van der Waals surface area contributed by atoms with Gasteiger partial charge in [0.05, 0.1) is 35.7 Å². The van der Waals surface area contributed by atoms with E-state index in [1.807, 2.05) is 0 Å². The molecule has 2 heterocycles. The topological polar surface area (TPSA) is 63.2 Å². The molecule has 0 aliphatic rings. The molecule has 5 nitrogen and oxygen atoms in total. The summed E-state index contributed by atoms with van der Waals surface area (Å²) in [5.74, 6) is 0.282. The minimum atomic E-state index is -4.42. The predicted molar refractivity (Wildman–Crippen MR) is 100 cm³/mol. The van der Waals surface area contributed by atoms with Gasteiger partial charge in [0, 0.05) is 23.5 Å². The van der Waals surface area contributed by atoms with Crippen LogP contribution in [0.5, 0.6) is 5.88 Å². The maximum Gasteiger partial charge on any atom is 0.416 e. The van der Waals surface area contributed by atoms with Crippen molar-refractivity contribution in [3.8, 4) is 34.5 Å². The van der Waals surface area contributed by atoms with E-state index in [4.69, 9.17) is 10.00 Å². The van der Waals surface area contributed by atoms with Crippen molar-refractivity contribution in [2.75, 3.05) is 7.11 Å². The second-order valence-corrected chi connectivity index (χ2v) is 6.20. The molecule has 8 heteroatoms. The fraction of sp³-hybridized carbons (Fsp3) is 0.0952. The van der Waals surface area contributed by atoms with E-state index in [-0.39, 0.29) is 5.88 Å². The summed E-state index contributed by atoms with van der Waals surface area (Å²) in [7, 11) is 1.47. The minimum Gasteiger partial charge on any atom is -0.478 e. The molecule has 4 rings (SSSR count). The molecule has 0 unspecified atom stereocenters. The number of nitrogens with zero attached hydrogens (tertiary/aromatic N) is 4. The number of fused-ring (bicyclic) bond motifs is 1. The van der Waals surface area contributed by atoms with Gasteiger partial charge in [-0.3, -0.25) is 4.40 Å². The summed E-state index contributed by atoms with van der Waals surface area (Å²) in [4.78, 5) is 8.80. The van der Waals surface area contributed by atoms with Crippen LogP contribution in [0.4, 0.5) is 13.2 Å². The Labute approximate surface area is 163 Å². The van der Waals surface area contributed by atoms with E-state index in [1.165, 1.54) is 19.2 Å². The van der Waals surface area contributed by atoms with Gasteiger partial charge in [0.2, 0.25) is 5.65 Å². The Hall–Kier alpha value is -3.86. The Morgan fingerprint density at radius 2 is 1.66 bits per heavy atom. The van der Waals surface area contributed by atoms with Crippen molar-refractivity contribution in [1.82, 2.24) is 14.4 Å². The Balaban J connectivity index is 1.98. The summed E-state index contributed by atoms with van der Waals surface area (Å²) in [5, 5.41) is 9.03. The van der Waals surface area contributed by atoms with Gasteiger partial charge in [-0.2, -0.15) is 18.4 Å². The third-order valence-corrected chi connectivity index (χ3v) is 4.48. The normalized spacial score (nSPS) is 11.4. The van der Waals surface area contributed by atoms with E-state index in [2.05, 4.69) is 16.0 Å². The lowest BCUT2D eigenvalue weighted by atomic mass is 10.0. The van der Waals surface area contributed by atoms with Crippen LogP contribution in [-0.4, -0.2) is 21.5 Å².